The van der Waals surface area contributed by atoms with Crippen molar-refractivity contribution in [3.05, 3.63) is 17.5 Å². The van der Waals surface area contributed by atoms with E-state index in [1.807, 2.05) is 24.7 Å². The number of aryl methyl sites for hydroxylation is 1. The zero-order valence-electron chi connectivity index (χ0n) is 8.45. The van der Waals surface area contributed by atoms with Crippen LogP contribution in [0.3, 0.4) is 0 Å². The Bertz CT molecular complexity index is 289. The van der Waals surface area contributed by atoms with E-state index in [2.05, 4.69) is 12.0 Å². The highest BCUT2D eigenvalue weighted by atomic mass is 16.1. The number of aromatic nitrogens is 2. The van der Waals surface area contributed by atoms with Crippen LogP contribution in [0.15, 0.2) is 6.20 Å². The third-order valence-electron chi connectivity index (χ3n) is 1.95. The molecule has 0 saturated carbocycles. The minimum Gasteiger partial charge on any atom is -0.298 e. The van der Waals surface area contributed by atoms with Crippen molar-refractivity contribution < 1.29 is 4.79 Å². The maximum atomic E-state index is 10.7. The molecule has 3 heteroatoms. The summed E-state index contributed by atoms with van der Waals surface area (Å²) in [6, 6.07) is 0. The predicted octanol–water partition coefficient (Wildman–Crippen LogP) is 2.23. The summed E-state index contributed by atoms with van der Waals surface area (Å²) in [7, 11) is 0. The van der Waals surface area contributed by atoms with Crippen LogP contribution < -0.4 is 0 Å². The van der Waals surface area contributed by atoms with Gasteiger partial charge in [0.25, 0.3) is 0 Å². The Hall–Kier alpha value is -1.12. The zero-order chi connectivity index (χ0) is 9.84. The van der Waals surface area contributed by atoms with Crippen molar-refractivity contribution in [3.8, 4) is 0 Å². The van der Waals surface area contributed by atoms with E-state index in [9.17, 15) is 4.79 Å². The Morgan fingerprint density at radius 3 is 2.69 bits per heavy atom. The zero-order valence-corrected chi connectivity index (χ0v) is 8.45. The lowest BCUT2D eigenvalue weighted by atomic mass is 10.1. The molecule has 0 atom stereocenters. The molecule has 0 aliphatic heterocycles. The fraction of sp³-hybridized carbons (Fsp3) is 0.600. The molecular weight excluding hydrogens is 164 g/mol. The number of nitrogens with zero attached hydrogens (tertiary/aromatic N) is 2. The van der Waals surface area contributed by atoms with Gasteiger partial charge >= 0.3 is 0 Å². The molecule has 0 saturated heterocycles. The second kappa shape index (κ2) is 4.21. The number of carbonyl (C=O) groups is 1. The highest BCUT2D eigenvalue weighted by molar-refractivity contribution is 5.76. The average Bonchev–Trinajstić information content (AvgIpc) is 2.48. The largest absolute Gasteiger partial charge is 0.298 e. The molecule has 0 bridgehead atoms. The van der Waals surface area contributed by atoms with Gasteiger partial charge in [0.2, 0.25) is 0 Å². The summed E-state index contributed by atoms with van der Waals surface area (Å²) in [6.07, 6.45) is 3.75. The summed E-state index contributed by atoms with van der Waals surface area (Å²) < 4.78 is 1.85. The van der Waals surface area contributed by atoms with Gasteiger partial charge in [-0.2, -0.15) is 5.10 Å². The van der Waals surface area contributed by atoms with E-state index >= 15 is 0 Å². The minimum atomic E-state index is 0.318. The third-order valence-corrected chi connectivity index (χ3v) is 1.95. The van der Waals surface area contributed by atoms with Crippen LogP contribution in [0.4, 0.5) is 0 Å². The molecule has 13 heavy (non-hydrogen) atoms. The molecule has 1 rings (SSSR count). The molecule has 0 aliphatic carbocycles. The molecule has 0 fully saturated rings. The number of hydrogen-bond acceptors (Lipinski definition) is 2. The van der Waals surface area contributed by atoms with Crippen molar-refractivity contribution in [3.63, 3.8) is 0 Å². The summed E-state index contributed by atoms with van der Waals surface area (Å²) in [4.78, 5) is 10.7. The summed E-state index contributed by atoms with van der Waals surface area (Å²) in [5.41, 5.74) is 1.63. The first kappa shape index (κ1) is 9.96. The second-order valence-electron chi connectivity index (χ2n) is 3.51. The minimum absolute atomic E-state index is 0.318. The standard InChI is InChI=1S/C10H16N2O/c1-4-5-12-6-9(7-13)10(11-12)8(2)3/h6-8H,4-5H2,1-3H3. The number of rotatable bonds is 4. The predicted molar refractivity (Wildman–Crippen MR) is 52.0 cm³/mol. The van der Waals surface area contributed by atoms with Gasteiger partial charge in [-0.1, -0.05) is 20.8 Å². The van der Waals surface area contributed by atoms with Gasteiger partial charge in [-0.05, 0) is 12.3 Å². The normalized spacial score (nSPS) is 10.8. The van der Waals surface area contributed by atoms with Crippen molar-refractivity contribution >= 4 is 6.29 Å². The van der Waals surface area contributed by atoms with E-state index in [0.717, 1.165) is 30.5 Å². The first-order valence-corrected chi connectivity index (χ1v) is 4.71. The van der Waals surface area contributed by atoms with Crippen LogP contribution in [0.2, 0.25) is 0 Å². The Labute approximate surface area is 78.8 Å². The topological polar surface area (TPSA) is 34.9 Å². The van der Waals surface area contributed by atoms with Crippen molar-refractivity contribution in [2.75, 3.05) is 0 Å². The Morgan fingerprint density at radius 1 is 1.62 bits per heavy atom. The van der Waals surface area contributed by atoms with E-state index in [0.29, 0.717) is 5.92 Å². The maximum Gasteiger partial charge on any atom is 0.153 e. The molecule has 0 radical (unpaired) electrons. The molecule has 72 valence electrons. The molecule has 0 amide bonds. The molecule has 0 N–H and O–H groups in total. The van der Waals surface area contributed by atoms with E-state index in [1.54, 1.807) is 0 Å². The molecule has 0 aliphatic rings. The van der Waals surface area contributed by atoms with Crippen molar-refractivity contribution in [1.82, 2.24) is 9.78 Å². The quantitative estimate of drug-likeness (QED) is 0.666. The van der Waals surface area contributed by atoms with Crippen LogP contribution in [0.25, 0.3) is 0 Å². The first-order chi connectivity index (χ1) is 6.19. The van der Waals surface area contributed by atoms with Crippen molar-refractivity contribution in [2.45, 2.75) is 39.7 Å². The van der Waals surface area contributed by atoms with E-state index in [-0.39, 0.29) is 0 Å². The van der Waals surface area contributed by atoms with Crippen LogP contribution in [-0.4, -0.2) is 16.1 Å². The summed E-state index contributed by atoms with van der Waals surface area (Å²) >= 11 is 0. The SMILES string of the molecule is CCCn1cc(C=O)c(C(C)C)n1. The van der Waals surface area contributed by atoms with E-state index in [1.165, 1.54) is 0 Å². The lowest BCUT2D eigenvalue weighted by Gasteiger charge is -1.99. The van der Waals surface area contributed by atoms with Crippen molar-refractivity contribution in [2.24, 2.45) is 0 Å². The monoisotopic (exact) mass is 180 g/mol. The van der Waals surface area contributed by atoms with E-state index in [4.69, 9.17) is 0 Å². The highest BCUT2D eigenvalue weighted by Gasteiger charge is 2.10. The Kier molecular flexibility index (Phi) is 3.23. The number of hydrogen-bond donors (Lipinski definition) is 0. The fourth-order valence-electron chi connectivity index (χ4n) is 1.33. The molecule has 3 nitrogen and oxygen atoms in total. The summed E-state index contributed by atoms with van der Waals surface area (Å²) in [6.45, 7) is 7.07. The van der Waals surface area contributed by atoms with Crippen LogP contribution in [0.1, 0.15) is 49.2 Å². The average molecular weight is 180 g/mol. The first-order valence-electron chi connectivity index (χ1n) is 4.71. The maximum absolute atomic E-state index is 10.7. The van der Waals surface area contributed by atoms with Gasteiger partial charge in [0.05, 0.1) is 11.3 Å². The summed E-state index contributed by atoms with van der Waals surface area (Å²) in [5.74, 6) is 0.318. The molecule has 1 aromatic rings. The van der Waals surface area contributed by atoms with Gasteiger partial charge in [-0.25, -0.2) is 0 Å². The molecule has 0 spiro atoms. The molecule has 0 aromatic carbocycles. The van der Waals surface area contributed by atoms with Crippen LogP contribution in [-0.2, 0) is 6.54 Å². The highest BCUT2D eigenvalue weighted by Crippen LogP contribution is 2.15. The molecule has 0 unspecified atom stereocenters. The van der Waals surface area contributed by atoms with E-state index < -0.39 is 0 Å². The smallest absolute Gasteiger partial charge is 0.153 e. The lowest BCUT2D eigenvalue weighted by Crippen LogP contribution is -1.98. The number of carbonyl (C=O) groups excluding carboxylic acids is 1. The van der Waals surface area contributed by atoms with Crippen LogP contribution >= 0.6 is 0 Å². The summed E-state index contributed by atoms with van der Waals surface area (Å²) in [5, 5.41) is 4.36. The molecule has 1 heterocycles. The second-order valence-corrected chi connectivity index (χ2v) is 3.51. The molecule has 1 aromatic heterocycles. The number of aldehydes is 1. The van der Waals surface area contributed by atoms with Crippen molar-refractivity contribution in [1.29, 1.82) is 0 Å². The van der Waals surface area contributed by atoms with Gasteiger partial charge in [0, 0.05) is 12.7 Å². The Balaban J connectivity index is 2.97. The third kappa shape index (κ3) is 2.17. The Morgan fingerprint density at radius 2 is 2.31 bits per heavy atom. The van der Waals surface area contributed by atoms with Crippen LogP contribution in [0.5, 0.6) is 0 Å². The van der Waals surface area contributed by atoms with Crippen LogP contribution in [0, 0.1) is 0 Å². The van der Waals surface area contributed by atoms with Gasteiger partial charge in [0.15, 0.2) is 6.29 Å². The van der Waals surface area contributed by atoms with Gasteiger partial charge in [0.1, 0.15) is 0 Å². The van der Waals surface area contributed by atoms with Gasteiger partial charge in [-0.3, -0.25) is 9.48 Å². The fourth-order valence-corrected chi connectivity index (χ4v) is 1.33. The molecular formula is C10H16N2O. The van der Waals surface area contributed by atoms with Gasteiger partial charge < -0.3 is 0 Å². The van der Waals surface area contributed by atoms with Gasteiger partial charge in [-0.15, -0.1) is 0 Å². The lowest BCUT2D eigenvalue weighted by molar-refractivity contribution is 0.112.